The fraction of sp³-hybridized carbons (Fsp3) is 0.318. The van der Waals surface area contributed by atoms with E-state index in [0.29, 0.717) is 17.8 Å². The lowest BCUT2D eigenvalue weighted by molar-refractivity contribution is -0.929. The highest BCUT2D eigenvalue weighted by atomic mass is 32.1. The van der Waals surface area contributed by atoms with Gasteiger partial charge >= 0.3 is 0 Å². The minimum atomic E-state index is -0.140. The average molecular weight is 410 g/mol. The number of para-hydroxylation sites is 1. The number of benzene rings is 2. The molecule has 150 valence electrons. The first-order valence-electron chi connectivity index (χ1n) is 9.96. The average Bonchev–Trinajstić information content (AvgIpc) is 3.18. The quantitative estimate of drug-likeness (QED) is 0.606. The third-order valence-corrected chi connectivity index (χ3v) is 6.54. The van der Waals surface area contributed by atoms with Crippen molar-refractivity contribution in [3.63, 3.8) is 0 Å². The fourth-order valence-corrected chi connectivity index (χ4v) is 5.05. The van der Waals surface area contributed by atoms with E-state index in [4.69, 9.17) is 4.98 Å². The van der Waals surface area contributed by atoms with Crippen molar-refractivity contribution in [3.8, 4) is 0 Å². The summed E-state index contributed by atoms with van der Waals surface area (Å²) in [4.78, 5) is 30.4. The number of carbonyl (C=O) groups excluding carboxylic acids is 2. The molecule has 2 heterocycles. The molecule has 6 nitrogen and oxygen atoms in total. The van der Waals surface area contributed by atoms with Gasteiger partial charge in [0.15, 0.2) is 11.6 Å². The van der Waals surface area contributed by atoms with Crippen molar-refractivity contribution in [2.24, 2.45) is 0 Å². The molecule has 1 unspecified atom stereocenters. The van der Waals surface area contributed by atoms with E-state index in [1.165, 1.54) is 16.0 Å². The van der Waals surface area contributed by atoms with E-state index in [2.05, 4.69) is 16.7 Å². The molecule has 3 N–H and O–H groups in total. The molecule has 1 fully saturated rings. The van der Waals surface area contributed by atoms with Gasteiger partial charge in [-0.15, -0.1) is 11.3 Å². The zero-order valence-electron chi connectivity index (χ0n) is 16.4. The lowest BCUT2D eigenvalue weighted by Crippen LogP contribution is -3.14. The zero-order valence-corrected chi connectivity index (χ0v) is 17.2. The Bertz CT molecular complexity index is 982. The van der Waals surface area contributed by atoms with Gasteiger partial charge in [-0.1, -0.05) is 12.1 Å². The molecule has 1 aliphatic rings. The number of amides is 2. The van der Waals surface area contributed by atoms with Crippen molar-refractivity contribution in [2.45, 2.75) is 25.3 Å². The van der Waals surface area contributed by atoms with Gasteiger partial charge in [-0.25, -0.2) is 4.98 Å². The maximum Gasteiger partial charge on any atom is 0.279 e. The van der Waals surface area contributed by atoms with Gasteiger partial charge in [0, 0.05) is 24.7 Å². The summed E-state index contributed by atoms with van der Waals surface area (Å²) in [7, 11) is 1.60. The number of aromatic nitrogens is 1. The molecule has 7 heteroatoms. The van der Waals surface area contributed by atoms with Crippen molar-refractivity contribution >= 4 is 39.1 Å². The number of quaternary nitrogens is 1. The third kappa shape index (κ3) is 4.46. The predicted molar refractivity (Wildman–Crippen MR) is 115 cm³/mol. The molecule has 0 spiro atoms. The number of anilines is 1. The maximum absolute atomic E-state index is 12.7. The first-order chi connectivity index (χ1) is 14.1. The third-order valence-electron chi connectivity index (χ3n) is 5.39. The van der Waals surface area contributed by atoms with Crippen LogP contribution in [-0.2, 0) is 4.79 Å². The molecule has 3 aromatic rings. The van der Waals surface area contributed by atoms with Crippen LogP contribution >= 0.6 is 11.3 Å². The SMILES string of the molecule is CNC(=O)c1ccc(NC(=O)C[NH+]2CCCC[C@@H]2c2nc3ccccc3s2)cc1. The molecule has 1 aromatic heterocycles. The highest BCUT2D eigenvalue weighted by Gasteiger charge is 2.31. The Hall–Kier alpha value is -2.77. The van der Waals surface area contributed by atoms with Crippen LogP contribution < -0.4 is 15.5 Å². The van der Waals surface area contributed by atoms with Crippen LogP contribution in [0.2, 0.25) is 0 Å². The summed E-state index contributed by atoms with van der Waals surface area (Å²) in [6.45, 7) is 1.39. The highest BCUT2D eigenvalue weighted by molar-refractivity contribution is 7.18. The van der Waals surface area contributed by atoms with Gasteiger partial charge in [-0.2, -0.15) is 0 Å². The van der Waals surface area contributed by atoms with E-state index < -0.39 is 0 Å². The van der Waals surface area contributed by atoms with Crippen molar-refractivity contribution in [1.82, 2.24) is 10.3 Å². The second-order valence-corrected chi connectivity index (χ2v) is 8.42. The summed E-state index contributed by atoms with van der Waals surface area (Å²) in [6, 6.07) is 15.4. The van der Waals surface area contributed by atoms with Gasteiger partial charge in [-0.3, -0.25) is 9.59 Å². The Morgan fingerprint density at radius 2 is 1.93 bits per heavy atom. The first-order valence-corrected chi connectivity index (χ1v) is 10.8. The van der Waals surface area contributed by atoms with E-state index in [0.717, 1.165) is 29.9 Å². The Kier molecular flexibility index (Phi) is 5.87. The number of nitrogens with zero attached hydrogens (tertiary/aromatic N) is 1. The lowest BCUT2D eigenvalue weighted by atomic mass is 10.0. The Morgan fingerprint density at radius 3 is 2.69 bits per heavy atom. The molecule has 1 aliphatic heterocycles. The van der Waals surface area contributed by atoms with Crippen LogP contribution in [0.25, 0.3) is 10.2 Å². The fourth-order valence-electron chi connectivity index (χ4n) is 3.89. The van der Waals surface area contributed by atoms with E-state index in [1.807, 2.05) is 18.2 Å². The summed E-state index contributed by atoms with van der Waals surface area (Å²) < 4.78 is 1.20. The Morgan fingerprint density at radius 1 is 1.14 bits per heavy atom. The summed E-state index contributed by atoms with van der Waals surface area (Å²) in [5.41, 5.74) is 2.32. The van der Waals surface area contributed by atoms with Crippen molar-refractivity contribution in [2.75, 3.05) is 25.5 Å². The van der Waals surface area contributed by atoms with Crippen LogP contribution in [0, 0.1) is 0 Å². The lowest BCUT2D eigenvalue weighted by Gasteiger charge is -2.30. The van der Waals surface area contributed by atoms with E-state index in [1.54, 1.807) is 42.6 Å². The predicted octanol–water partition coefficient (Wildman–Crippen LogP) is 2.40. The van der Waals surface area contributed by atoms with Crippen molar-refractivity contribution < 1.29 is 14.5 Å². The summed E-state index contributed by atoms with van der Waals surface area (Å²) in [5.74, 6) is -0.153. The van der Waals surface area contributed by atoms with Crippen LogP contribution in [-0.4, -0.2) is 36.9 Å². The van der Waals surface area contributed by atoms with Gasteiger partial charge < -0.3 is 15.5 Å². The van der Waals surface area contributed by atoms with Gasteiger partial charge in [0.05, 0.1) is 16.8 Å². The molecule has 0 saturated carbocycles. The number of carbonyl (C=O) groups is 2. The molecule has 0 aliphatic carbocycles. The molecule has 2 atom stereocenters. The summed E-state index contributed by atoms with van der Waals surface area (Å²) >= 11 is 1.74. The smallest absolute Gasteiger partial charge is 0.279 e. The van der Waals surface area contributed by atoms with Gasteiger partial charge in [0.25, 0.3) is 11.8 Å². The van der Waals surface area contributed by atoms with Gasteiger partial charge in [-0.05, 0) is 49.2 Å². The minimum Gasteiger partial charge on any atom is -0.355 e. The monoisotopic (exact) mass is 409 g/mol. The number of likely N-dealkylation sites (tertiary alicyclic amines) is 1. The number of hydrogen-bond acceptors (Lipinski definition) is 4. The molecular weight excluding hydrogens is 384 g/mol. The van der Waals surface area contributed by atoms with Gasteiger partial charge in [0.1, 0.15) is 6.04 Å². The van der Waals surface area contributed by atoms with Crippen molar-refractivity contribution in [1.29, 1.82) is 0 Å². The summed E-state index contributed by atoms with van der Waals surface area (Å²) in [6.07, 6.45) is 3.36. The van der Waals surface area contributed by atoms with E-state index >= 15 is 0 Å². The van der Waals surface area contributed by atoms with E-state index in [9.17, 15) is 9.59 Å². The van der Waals surface area contributed by atoms with Gasteiger partial charge in [0.2, 0.25) is 0 Å². The van der Waals surface area contributed by atoms with Crippen LogP contribution in [0.1, 0.15) is 40.7 Å². The van der Waals surface area contributed by atoms with Crippen molar-refractivity contribution in [3.05, 3.63) is 59.1 Å². The Balaban J connectivity index is 1.43. The molecule has 4 rings (SSSR count). The summed E-state index contributed by atoms with van der Waals surface area (Å²) in [5, 5.41) is 6.68. The molecule has 0 radical (unpaired) electrons. The second-order valence-electron chi connectivity index (χ2n) is 7.36. The number of fused-ring (bicyclic) bond motifs is 1. The molecule has 2 aromatic carbocycles. The molecule has 29 heavy (non-hydrogen) atoms. The number of hydrogen-bond donors (Lipinski definition) is 3. The second kappa shape index (κ2) is 8.71. The van der Waals surface area contributed by atoms with Crippen LogP contribution in [0.15, 0.2) is 48.5 Å². The van der Waals surface area contributed by atoms with E-state index in [-0.39, 0.29) is 17.9 Å². The van der Waals surface area contributed by atoms with Crippen LogP contribution in [0.4, 0.5) is 5.69 Å². The number of piperidine rings is 1. The van der Waals surface area contributed by atoms with Crippen LogP contribution in [0.3, 0.4) is 0 Å². The largest absolute Gasteiger partial charge is 0.355 e. The Labute approximate surface area is 173 Å². The molecule has 1 saturated heterocycles. The molecule has 2 amide bonds. The maximum atomic E-state index is 12.7. The number of rotatable bonds is 5. The standard InChI is InChI=1S/C22H24N4O2S/c1-23-21(28)15-9-11-16(12-10-15)24-20(27)14-26-13-5-4-7-18(26)22-25-17-6-2-3-8-19(17)29-22/h2-3,6,8-12,18H,4-5,7,13-14H2,1H3,(H,23,28)(H,24,27)/p+1/t18-/m1/s1. The normalized spacial score (nSPS) is 19.1. The van der Waals surface area contributed by atoms with Crippen LogP contribution in [0.5, 0.6) is 0 Å². The minimum absolute atomic E-state index is 0.0132. The first kappa shape index (κ1) is 19.5. The highest BCUT2D eigenvalue weighted by Crippen LogP contribution is 2.28. The molecular formula is C22H25N4O2S+. The topological polar surface area (TPSA) is 75.5 Å². The number of nitrogens with one attached hydrogen (secondary N) is 3. The zero-order chi connectivity index (χ0) is 20.2. The molecule has 0 bridgehead atoms. The number of thiazole rings is 1.